The molecule has 1 atom stereocenters. The number of rotatable bonds is 6. The van der Waals surface area contributed by atoms with Crippen molar-refractivity contribution in [3.05, 3.63) is 50.8 Å². The van der Waals surface area contributed by atoms with Gasteiger partial charge in [0.25, 0.3) is 5.56 Å². The molecule has 0 unspecified atom stereocenters. The number of anilines is 2. The molecule has 5 rings (SSSR count). The van der Waals surface area contributed by atoms with Gasteiger partial charge in [0.2, 0.25) is 0 Å². The molecule has 2 aliphatic rings. The van der Waals surface area contributed by atoms with Crippen molar-refractivity contribution in [3.63, 3.8) is 0 Å². The number of benzene rings is 1. The Labute approximate surface area is 197 Å². The average Bonchev–Trinajstić information content (AvgIpc) is 3.20. The van der Waals surface area contributed by atoms with Crippen molar-refractivity contribution in [1.82, 2.24) is 9.55 Å². The van der Waals surface area contributed by atoms with Gasteiger partial charge in [-0.25, -0.2) is 9.78 Å². The van der Waals surface area contributed by atoms with Gasteiger partial charge >= 0.3 is 5.97 Å². The molecule has 0 spiro atoms. The lowest BCUT2D eigenvalue weighted by atomic mass is 9.86. The predicted molar refractivity (Wildman–Crippen MR) is 132 cm³/mol. The van der Waals surface area contributed by atoms with E-state index in [0.29, 0.717) is 34.7 Å². The molecule has 4 N–H and O–H groups in total. The number of cyclic esters (lactones) is 1. The second-order valence-electron chi connectivity index (χ2n) is 9.24. The van der Waals surface area contributed by atoms with Crippen molar-refractivity contribution in [2.24, 2.45) is 0 Å². The maximum Gasteiger partial charge on any atom is 0.343 e. The standard InChI is InChI=1S/C26H30N4O4/c1-4-6-7-10-28-23-15-12-30-19(22(15)29-18-9-8-14(3)21(27)20(18)23)11-17-16(24(30)31)13-34-25(32)26(17,33)5-2/h8-9,11,33H,4-7,10,12-13,27H2,1-3H3,(H,28,29)/t26-/m0/s1. The zero-order chi connectivity index (χ0) is 24.2. The number of carbonyl (C=O) groups is 1. The number of hydrogen-bond acceptors (Lipinski definition) is 7. The summed E-state index contributed by atoms with van der Waals surface area (Å²) in [6.07, 6.45) is 3.36. The molecule has 4 heterocycles. The molecule has 0 aliphatic carbocycles. The van der Waals surface area contributed by atoms with Crippen molar-refractivity contribution in [2.75, 3.05) is 17.6 Å². The SMILES string of the molecule is CCCCCNc1c2c(nc3ccc(C)c(N)c13)-c1cc3c(c(=O)n1C2)COC(=O)[C@]3(O)CC. The predicted octanol–water partition coefficient (Wildman–Crippen LogP) is 3.57. The third kappa shape index (κ3) is 3.12. The van der Waals surface area contributed by atoms with E-state index in [0.717, 1.165) is 53.5 Å². The van der Waals surface area contributed by atoms with Crippen LogP contribution < -0.4 is 16.6 Å². The first-order valence-electron chi connectivity index (χ1n) is 11.9. The van der Waals surface area contributed by atoms with Gasteiger partial charge in [-0.15, -0.1) is 0 Å². The number of ether oxygens (including phenoxy) is 1. The maximum atomic E-state index is 13.5. The van der Waals surface area contributed by atoms with E-state index in [4.69, 9.17) is 15.5 Å². The molecule has 34 heavy (non-hydrogen) atoms. The largest absolute Gasteiger partial charge is 0.458 e. The van der Waals surface area contributed by atoms with Gasteiger partial charge < -0.3 is 25.5 Å². The normalized spacial score (nSPS) is 18.4. The number of unbranched alkanes of at least 4 members (excludes halogenated alkanes) is 2. The molecule has 1 aromatic carbocycles. The highest BCUT2D eigenvalue weighted by Gasteiger charge is 2.45. The summed E-state index contributed by atoms with van der Waals surface area (Å²) in [5, 5.41) is 15.5. The Kier molecular flexibility index (Phi) is 5.36. The summed E-state index contributed by atoms with van der Waals surface area (Å²) in [7, 11) is 0. The molecule has 2 aromatic heterocycles. The molecular weight excluding hydrogens is 432 g/mol. The summed E-state index contributed by atoms with van der Waals surface area (Å²) in [5.74, 6) is -0.724. The van der Waals surface area contributed by atoms with Crippen LogP contribution in [0.3, 0.4) is 0 Å². The van der Waals surface area contributed by atoms with Crippen molar-refractivity contribution < 1.29 is 14.6 Å². The van der Waals surface area contributed by atoms with Crippen molar-refractivity contribution in [3.8, 4) is 11.4 Å². The summed E-state index contributed by atoms with van der Waals surface area (Å²) in [6.45, 7) is 6.81. The van der Waals surface area contributed by atoms with Crippen molar-refractivity contribution in [1.29, 1.82) is 0 Å². The molecule has 0 saturated heterocycles. The smallest absolute Gasteiger partial charge is 0.343 e. The van der Waals surface area contributed by atoms with Crippen LogP contribution in [0.15, 0.2) is 23.0 Å². The van der Waals surface area contributed by atoms with Gasteiger partial charge in [-0.05, 0) is 37.5 Å². The van der Waals surface area contributed by atoms with Crippen LogP contribution in [0, 0.1) is 6.92 Å². The Balaban J connectivity index is 1.75. The average molecular weight is 463 g/mol. The van der Waals surface area contributed by atoms with Gasteiger partial charge in [-0.3, -0.25) is 4.79 Å². The first-order valence-corrected chi connectivity index (χ1v) is 11.9. The number of carbonyl (C=O) groups excluding carboxylic acids is 1. The van der Waals surface area contributed by atoms with E-state index in [1.165, 1.54) is 0 Å². The number of pyridine rings is 2. The molecule has 0 bridgehead atoms. The molecule has 3 aromatic rings. The summed E-state index contributed by atoms with van der Waals surface area (Å²) in [5.41, 5.74) is 10.5. The summed E-state index contributed by atoms with van der Waals surface area (Å²) >= 11 is 0. The van der Waals surface area contributed by atoms with Crippen LogP contribution in [-0.4, -0.2) is 27.2 Å². The molecule has 0 radical (unpaired) electrons. The highest BCUT2D eigenvalue weighted by molar-refractivity contribution is 6.05. The fourth-order valence-corrected chi connectivity index (χ4v) is 5.09. The molecule has 8 nitrogen and oxygen atoms in total. The molecule has 2 aliphatic heterocycles. The summed E-state index contributed by atoms with van der Waals surface area (Å²) in [6, 6.07) is 5.62. The molecule has 0 saturated carbocycles. The van der Waals surface area contributed by atoms with E-state index >= 15 is 0 Å². The first-order chi connectivity index (χ1) is 16.3. The van der Waals surface area contributed by atoms with Gasteiger partial charge in [0.1, 0.15) is 6.61 Å². The second kappa shape index (κ2) is 8.13. The van der Waals surface area contributed by atoms with Crippen LogP contribution >= 0.6 is 0 Å². The Hall–Kier alpha value is -3.39. The lowest BCUT2D eigenvalue weighted by molar-refractivity contribution is -0.172. The Bertz CT molecular complexity index is 1390. The van der Waals surface area contributed by atoms with Crippen LogP contribution in [0.5, 0.6) is 0 Å². The van der Waals surface area contributed by atoms with E-state index in [-0.39, 0.29) is 18.6 Å². The minimum Gasteiger partial charge on any atom is -0.458 e. The molecular formula is C26H30N4O4. The van der Waals surface area contributed by atoms with Gasteiger partial charge in [-0.2, -0.15) is 0 Å². The highest BCUT2D eigenvalue weighted by atomic mass is 16.6. The van der Waals surface area contributed by atoms with Crippen molar-refractivity contribution >= 4 is 28.2 Å². The lowest BCUT2D eigenvalue weighted by Gasteiger charge is -2.31. The minimum atomic E-state index is -1.84. The van der Waals surface area contributed by atoms with E-state index in [1.807, 2.05) is 19.1 Å². The van der Waals surface area contributed by atoms with Crippen LogP contribution in [0.4, 0.5) is 11.4 Å². The zero-order valence-corrected chi connectivity index (χ0v) is 19.8. The Morgan fingerprint density at radius 3 is 2.76 bits per heavy atom. The van der Waals surface area contributed by atoms with E-state index in [2.05, 4.69) is 12.2 Å². The maximum absolute atomic E-state index is 13.5. The van der Waals surface area contributed by atoms with Gasteiger partial charge in [0.05, 0.1) is 34.7 Å². The molecule has 0 amide bonds. The third-order valence-electron chi connectivity index (χ3n) is 7.20. The van der Waals surface area contributed by atoms with Crippen LogP contribution in [0.1, 0.15) is 61.8 Å². The number of aliphatic hydroxyl groups is 1. The Morgan fingerprint density at radius 1 is 1.24 bits per heavy atom. The van der Waals surface area contributed by atoms with Crippen LogP contribution in [0.2, 0.25) is 0 Å². The monoisotopic (exact) mass is 462 g/mol. The van der Waals surface area contributed by atoms with Gasteiger partial charge in [0.15, 0.2) is 5.60 Å². The van der Waals surface area contributed by atoms with E-state index in [1.54, 1.807) is 17.6 Å². The highest BCUT2D eigenvalue weighted by Crippen LogP contribution is 2.43. The number of hydrogen-bond donors (Lipinski definition) is 3. The fourth-order valence-electron chi connectivity index (χ4n) is 5.09. The summed E-state index contributed by atoms with van der Waals surface area (Å²) < 4.78 is 6.83. The lowest BCUT2D eigenvalue weighted by Crippen LogP contribution is -2.44. The third-order valence-corrected chi connectivity index (χ3v) is 7.20. The topological polar surface area (TPSA) is 119 Å². The van der Waals surface area contributed by atoms with Gasteiger partial charge in [-0.1, -0.05) is 32.8 Å². The first kappa shape index (κ1) is 22.4. The minimum absolute atomic E-state index is 0.111. The Morgan fingerprint density at radius 2 is 2.03 bits per heavy atom. The van der Waals surface area contributed by atoms with Crippen LogP contribution in [0.25, 0.3) is 22.3 Å². The molecule has 0 fully saturated rings. The summed E-state index contributed by atoms with van der Waals surface area (Å²) in [4.78, 5) is 30.8. The number of nitrogen functional groups attached to an aromatic ring is 1. The number of aryl methyl sites for hydroxylation is 1. The second-order valence-corrected chi connectivity index (χ2v) is 9.24. The number of fused-ring (bicyclic) bond motifs is 5. The number of nitrogens with zero attached hydrogens (tertiary/aromatic N) is 2. The fraction of sp³-hybridized carbons (Fsp3) is 0.423. The molecule has 178 valence electrons. The van der Waals surface area contributed by atoms with Gasteiger partial charge in [0, 0.05) is 28.7 Å². The molecule has 8 heteroatoms. The van der Waals surface area contributed by atoms with Crippen molar-refractivity contribution in [2.45, 2.75) is 65.2 Å². The van der Waals surface area contributed by atoms with E-state index < -0.39 is 11.6 Å². The zero-order valence-electron chi connectivity index (χ0n) is 19.8. The quantitative estimate of drug-likeness (QED) is 0.228. The van der Waals surface area contributed by atoms with Crippen LogP contribution in [-0.2, 0) is 28.3 Å². The number of aromatic nitrogens is 2. The van der Waals surface area contributed by atoms with E-state index in [9.17, 15) is 14.7 Å². The number of esters is 1. The number of nitrogens with one attached hydrogen (secondary N) is 1. The number of nitrogens with two attached hydrogens (primary N) is 1.